The highest BCUT2D eigenvalue weighted by Crippen LogP contribution is 2.27. The van der Waals surface area contributed by atoms with Crippen LogP contribution in [-0.2, 0) is 6.42 Å². The lowest BCUT2D eigenvalue weighted by atomic mass is 10.0. The Bertz CT molecular complexity index is 294. The minimum Gasteiger partial charge on any atom is -0.374 e. The van der Waals surface area contributed by atoms with Crippen molar-refractivity contribution in [1.29, 1.82) is 0 Å². The molecule has 0 saturated heterocycles. The van der Waals surface area contributed by atoms with Crippen LogP contribution in [0.15, 0.2) is 12.4 Å². The van der Waals surface area contributed by atoms with E-state index in [0.717, 1.165) is 0 Å². The molecule has 2 heteroatoms. The molecule has 0 saturated carbocycles. The molecule has 64 valence electrons. The lowest BCUT2D eigenvalue weighted by Gasteiger charge is -2.28. The SMILES string of the molecule is Cc1cncc2c1N(C)CCC2. The second-order valence-electron chi connectivity index (χ2n) is 3.49. The molecule has 1 aromatic rings. The van der Waals surface area contributed by atoms with Crippen molar-refractivity contribution in [3.05, 3.63) is 23.5 Å². The molecule has 0 unspecified atom stereocenters. The Balaban J connectivity index is 2.53. The first kappa shape index (κ1) is 7.59. The summed E-state index contributed by atoms with van der Waals surface area (Å²) in [6.07, 6.45) is 6.39. The van der Waals surface area contributed by atoms with Gasteiger partial charge in [-0.3, -0.25) is 4.98 Å². The van der Waals surface area contributed by atoms with Crippen molar-refractivity contribution in [3.8, 4) is 0 Å². The Labute approximate surface area is 73.2 Å². The predicted octanol–water partition coefficient (Wildman–Crippen LogP) is 1.77. The van der Waals surface area contributed by atoms with E-state index in [1.807, 2.05) is 12.4 Å². The van der Waals surface area contributed by atoms with Gasteiger partial charge in [0.25, 0.3) is 0 Å². The Hall–Kier alpha value is -1.05. The van der Waals surface area contributed by atoms with Crippen LogP contribution < -0.4 is 4.90 Å². The topological polar surface area (TPSA) is 16.1 Å². The van der Waals surface area contributed by atoms with Crippen LogP contribution in [0.1, 0.15) is 17.5 Å². The van der Waals surface area contributed by atoms with E-state index >= 15 is 0 Å². The molecule has 2 rings (SSSR count). The fraction of sp³-hybridized carbons (Fsp3) is 0.500. The summed E-state index contributed by atoms with van der Waals surface area (Å²) in [6, 6.07) is 0. The third-order valence-electron chi connectivity index (χ3n) is 2.50. The van der Waals surface area contributed by atoms with E-state index < -0.39 is 0 Å². The molecule has 0 N–H and O–H groups in total. The lowest BCUT2D eigenvalue weighted by Crippen LogP contribution is -2.25. The van der Waals surface area contributed by atoms with Gasteiger partial charge in [-0.15, -0.1) is 0 Å². The summed E-state index contributed by atoms with van der Waals surface area (Å²) < 4.78 is 0. The monoisotopic (exact) mass is 162 g/mol. The highest BCUT2D eigenvalue weighted by atomic mass is 15.1. The summed E-state index contributed by atoms with van der Waals surface area (Å²) in [5.41, 5.74) is 4.11. The highest BCUT2D eigenvalue weighted by Gasteiger charge is 2.14. The van der Waals surface area contributed by atoms with E-state index in [1.165, 1.54) is 36.2 Å². The third-order valence-corrected chi connectivity index (χ3v) is 2.50. The van der Waals surface area contributed by atoms with Gasteiger partial charge in [0.2, 0.25) is 0 Å². The molecule has 0 radical (unpaired) electrons. The molecular weight excluding hydrogens is 148 g/mol. The molecule has 0 aliphatic carbocycles. The standard InChI is InChI=1S/C10H14N2/c1-8-6-11-7-9-4-3-5-12(2)10(8)9/h6-7H,3-5H2,1-2H3. The quantitative estimate of drug-likeness (QED) is 0.578. The molecule has 12 heavy (non-hydrogen) atoms. The van der Waals surface area contributed by atoms with Crippen molar-refractivity contribution in [2.45, 2.75) is 19.8 Å². The van der Waals surface area contributed by atoms with Crippen LogP contribution in [0.25, 0.3) is 0 Å². The summed E-state index contributed by atoms with van der Waals surface area (Å²) in [7, 11) is 2.16. The van der Waals surface area contributed by atoms with Crippen LogP contribution in [0.4, 0.5) is 5.69 Å². The van der Waals surface area contributed by atoms with E-state index in [-0.39, 0.29) is 0 Å². The zero-order chi connectivity index (χ0) is 8.55. The van der Waals surface area contributed by atoms with Crippen LogP contribution in [0.5, 0.6) is 0 Å². The predicted molar refractivity (Wildman–Crippen MR) is 50.6 cm³/mol. The van der Waals surface area contributed by atoms with E-state index in [1.54, 1.807) is 0 Å². The molecule has 0 atom stereocenters. The van der Waals surface area contributed by atoms with Gasteiger partial charge in [-0.25, -0.2) is 0 Å². The summed E-state index contributed by atoms with van der Waals surface area (Å²) in [5, 5.41) is 0. The summed E-state index contributed by atoms with van der Waals surface area (Å²) in [6.45, 7) is 3.31. The Morgan fingerprint density at radius 3 is 3.00 bits per heavy atom. The summed E-state index contributed by atoms with van der Waals surface area (Å²) in [5.74, 6) is 0. The number of hydrogen-bond acceptors (Lipinski definition) is 2. The lowest BCUT2D eigenvalue weighted by molar-refractivity contribution is 0.737. The van der Waals surface area contributed by atoms with E-state index in [9.17, 15) is 0 Å². The Kier molecular flexibility index (Phi) is 1.75. The number of aryl methyl sites for hydroxylation is 2. The number of pyridine rings is 1. The molecule has 0 bridgehead atoms. The smallest absolute Gasteiger partial charge is 0.0456 e. The summed E-state index contributed by atoms with van der Waals surface area (Å²) >= 11 is 0. The van der Waals surface area contributed by atoms with Gasteiger partial charge in [-0.1, -0.05) is 0 Å². The molecule has 0 fully saturated rings. The minimum atomic E-state index is 1.18. The van der Waals surface area contributed by atoms with E-state index in [4.69, 9.17) is 0 Å². The number of hydrogen-bond donors (Lipinski definition) is 0. The average Bonchev–Trinajstić information content (AvgIpc) is 2.04. The largest absolute Gasteiger partial charge is 0.374 e. The number of anilines is 1. The van der Waals surface area contributed by atoms with Gasteiger partial charge in [0.15, 0.2) is 0 Å². The van der Waals surface area contributed by atoms with Crippen molar-refractivity contribution >= 4 is 5.69 Å². The second-order valence-corrected chi connectivity index (χ2v) is 3.49. The van der Waals surface area contributed by atoms with Gasteiger partial charge in [-0.2, -0.15) is 0 Å². The molecule has 0 spiro atoms. The molecular formula is C10H14N2. The first-order chi connectivity index (χ1) is 5.79. The highest BCUT2D eigenvalue weighted by molar-refractivity contribution is 5.58. The van der Waals surface area contributed by atoms with Gasteiger partial charge in [0, 0.05) is 31.7 Å². The maximum atomic E-state index is 4.21. The molecule has 0 aromatic carbocycles. The van der Waals surface area contributed by atoms with Crippen LogP contribution in [0.3, 0.4) is 0 Å². The maximum absolute atomic E-state index is 4.21. The van der Waals surface area contributed by atoms with Crippen LogP contribution in [-0.4, -0.2) is 18.6 Å². The normalized spacial score (nSPS) is 16.0. The first-order valence-electron chi connectivity index (χ1n) is 4.43. The Morgan fingerprint density at radius 2 is 2.25 bits per heavy atom. The van der Waals surface area contributed by atoms with Crippen molar-refractivity contribution < 1.29 is 0 Å². The molecule has 1 aliphatic heterocycles. The molecule has 2 heterocycles. The van der Waals surface area contributed by atoms with Crippen molar-refractivity contribution in [2.24, 2.45) is 0 Å². The zero-order valence-electron chi connectivity index (χ0n) is 7.67. The van der Waals surface area contributed by atoms with Gasteiger partial charge in [0.1, 0.15) is 0 Å². The van der Waals surface area contributed by atoms with Crippen LogP contribution >= 0.6 is 0 Å². The number of nitrogens with zero attached hydrogens (tertiary/aromatic N) is 2. The molecule has 0 amide bonds. The molecule has 1 aliphatic rings. The summed E-state index contributed by atoms with van der Waals surface area (Å²) in [4.78, 5) is 6.53. The van der Waals surface area contributed by atoms with Gasteiger partial charge >= 0.3 is 0 Å². The second kappa shape index (κ2) is 2.77. The number of rotatable bonds is 0. The fourth-order valence-corrected chi connectivity index (χ4v) is 1.96. The molecule has 2 nitrogen and oxygen atoms in total. The number of fused-ring (bicyclic) bond motifs is 1. The molecule has 1 aromatic heterocycles. The van der Waals surface area contributed by atoms with Crippen molar-refractivity contribution in [1.82, 2.24) is 4.98 Å². The van der Waals surface area contributed by atoms with Crippen LogP contribution in [0, 0.1) is 6.92 Å². The Morgan fingerprint density at radius 1 is 1.42 bits per heavy atom. The van der Waals surface area contributed by atoms with Gasteiger partial charge < -0.3 is 4.90 Å². The fourth-order valence-electron chi connectivity index (χ4n) is 1.96. The van der Waals surface area contributed by atoms with Crippen molar-refractivity contribution in [2.75, 3.05) is 18.5 Å². The van der Waals surface area contributed by atoms with E-state index in [0.29, 0.717) is 0 Å². The van der Waals surface area contributed by atoms with Gasteiger partial charge in [0.05, 0.1) is 0 Å². The number of aromatic nitrogens is 1. The van der Waals surface area contributed by atoms with Crippen LogP contribution in [0.2, 0.25) is 0 Å². The first-order valence-corrected chi connectivity index (χ1v) is 4.43. The minimum absolute atomic E-state index is 1.18. The third kappa shape index (κ3) is 1.07. The maximum Gasteiger partial charge on any atom is 0.0456 e. The average molecular weight is 162 g/mol. The van der Waals surface area contributed by atoms with E-state index in [2.05, 4.69) is 23.9 Å². The zero-order valence-corrected chi connectivity index (χ0v) is 7.67. The van der Waals surface area contributed by atoms with Crippen molar-refractivity contribution in [3.63, 3.8) is 0 Å². The van der Waals surface area contributed by atoms with Gasteiger partial charge in [-0.05, 0) is 30.9 Å².